The summed E-state index contributed by atoms with van der Waals surface area (Å²) in [4.78, 5) is 48.0. The van der Waals surface area contributed by atoms with E-state index in [1.807, 2.05) is 0 Å². The molecule has 4 N–H and O–H groups in total. The van der Waals surface area contributed by atoms with E-state index in [0.29, 0.717) is 114 Å². The number of nitrogens with two attached hydrogens (primary N) is 1. The lowest BCUT2D eigenvalue weighted by atomic mass is 10.1. The molecule has 1 fully saturated rings. The molecule has 1 atom stereocenters. The molecule has 0 radical (unpaired) electrons. The summed E-state index contributed by atoms with van der Waals surface area (Å²) in [6, 6.07) is 10.9. The highest BCUT2D eigenvalue weighted by atomic mass is 16.6. The van der Waals surface area contributed by atoms with Crippen molar-refractivity contribution in [1.82, 2.24) is 20.3 Å². The molecule has 1 aliphatic heterocycles. The van der Waals surface area contributed by atoms with E-state index in [2.05, 4.69) is 20.9 Å². The van der Waals surface area contributed by atoms with E-state index in [1.165, 1.54) is 0 Å². The van der Waals surface area contributed by atoms with Gasteiger partial charge in [0.05, 0.1) is 64.8 Å². The van der Waals surface area contributed by atoms with Gasteiger partial charge < -0.3 is 39.5 Å². The molecule has 1 aromatic heterocycles. The predicted octanol–water partition coefficient (Wildman–Crippen LogP) is 0.832. The number of piperidine rings is 1. The van der Waals surface area contributed by atoms with Gasteiger partial charge in [0.2, 0.25) is 11.8 Å². The molecule has 0 saturated carbocycles. The van der Waals surface area contributed by atoms with Gasteiger partial charge in [-0.15, -0.1) is 5.10 Å². The van der Waals surface area contributed by atoms with Gasteiger partial charge in [-0.1, -0.05) is 11.3 Å². The van der Waals surface area contributed by atoms with Crippen molar-refractivity contribution in [2.45, 2.75) is 25.3 Å². The largest absolute Gasteiger partial charge is 0.491 e. The van der Waals surface area contributed by atoms with E-state index in [0.717, 1.165) is 4.68 Å². The summed E-state index contributed by atoms with van der Waals surface area (Å²) >= 11 is 0. The second-order valence-electron chi connectivity index (χ2n) is 10.6. The molecule has 2 heterocycles. The number of anilines is 1. The van der Waals surface area contributed by atoms with Gasteiger partial charge in [-0.3, -0.25) is 24.5 Å². The van der Waals surface area contributed by atoms with E-state index in [9.17, 15) is 19.2 Å². The van der Waals surface area contributed by atoms with Crippen LogP contribution in [-0.4, -0.2) is 112 Å². The van der Waals surface area contributed by atoms with E-state index in [1.54, 1.807) is 42.5 Å². The summed E-state index contributed by atoms with van der Waals surface area (Å²) in [5, 5.41) is 13.9. The maximum atomic E-state index is 13.2. The summed E-state index contributed by atoms with van der Waals surface area (Å²) in [6.07, 6.45) is 1.01. The summed E-state index contributed by atoms with van der Waals surface area (Å²) < 4.78 is 34.1. The van der Waals surface area contributed by atoms with Gasteiger partial charge >= 0.3 is 0 Å². The molecule has 16 nitrogen and oxygen atoms in total. The molecule has 0 bridgehead atoms. The van der Waals surface area contributed by atoms with Crippen molar-refractivity contribution < 1.29 is 42.8 Å². The lowest BCUT2D eigenvalue weighted by Gasteiger charge is -2.21. The van der Waals surface area contributed by atoms with Crippen LogP contribution in [0.2, 0.25) is 0 Å². The van der Waals surface area contributed by atoms with Crippen LogP contribution in [0.3, 0.4) is 0 Å². The van der Waals surface area contributed by atoms with E-state index < -0.39 is 23.4 Å². The van der Waals surface area contributed by atoms with Crippen molar-refractivity contribution in [3.05, 3.63) is 58.4 Å². The van der Waals surface area contributed by atoms with Gasteiger partial charge in [0.1, 0.15) is 23.9 Å². The number of hydrogen-bond donors (Lipinski definition) is 3. The Morgan fingerprint density at radius 2 is 1.44 bits per heavy atom. The minimum atomic E-state index is -0.880. The van der Waals surface area contributed by atoms with Crippen LogP contribution >= 0.6 is 0 Å². The molecular weight excluding hydrogens is 628 g/mol. The molecule has 1 aliphatic rings. The van der Waals surface area contributed by atoms with Crippen LogP contribution in [0.25, 0.3) is 10.9 Å². The highest BCUT2D eigenvalue weighted by Crippen LogP contribution is 2.20. The fourth-order valence-corrected chi connectivity index (χ4v) is 4.68. The molecule has 3 amide bonds. The molecule has 0 aliphatic carbocycles. The van der Waals surface area contributed by atoms with E-state index in [-0.39, 0.29) is 18.7 Å². The lowest BCUT2D eigenvalue weighted by Crippen LogP contribution is -2.45. The summed E-state index contributed by atoms with van der Waals surface area (Å²) in [5.74, 6) is -0.765. The number of imide groups is 1. The second-order valence-corrected chi connectivity index (χ2v) is 10.6. The number of hydrogen-bond acceptors (Lipinski definition) is 13. The highest BCUT2D eigenvalue weighted by molar-refractivity contribution is 5.99. The van der Waals surface area contributed by atoms with Crippen molar-refractivity contribution >= 4 is 34.3 Å². The van der Waals surface area contributed by atoms with Gasteiger partial charge in [0.25, 0.3) is 11.5 Å². The highest BCUT2D eigenvalue weighted by Gasteiger charge is 2.30. The number of aromatic nitrogens is 3. The topological polar surface area (TPSA) is 204 Å². The zero-order valence-corrected chi connectivity index (χ0v) is 26.7. The number of ether oxygens (including phenoxy) is 6. The molecule has 3 aromatic rings. The van der Waals surface area contributed by atoms with E-state index in [4.69, 9.17) is 34.2 Å². The van der Waals surface area contributed by atoms with Crippen LogP contribution in [0.15, 0.2) is 47.3 Å². The van der Waals surface area contributed by atoms with Gasteiger partial charge in [-0.05, 0) is 49.2 Å². The number of fused-ring (bicyclic) bond motifs is 1. The van der Waals surface area contributed by atoms with Gasteiger partial charge in [-0.2, -0.15) is 4.68 Å². The minimum Gasteiger partial charge on any atom is -0.491 e. The maximum Gasteiger partial charge on any atom is 0.280 e. The third-order valence-electron chi connectivity index (χ3n) is 7.12. The number of rotatable bonds is 23. The van der Waals surface area contributed by atoms with Crippen molar-refractivity contribution in [1.29, 1.82) is 0 Å². The lowest BCUT2D eigenvalue weighted by molar-refractivity contribution is -0.136. The number of benzene rings is 2. The third-order valence-corrected chi connectivity index (χ3v) is 7.12. The number of primary amides is 1. The smallest absolute Gasteiger partial charge is 0.280 e. The summed E-state index contributed by atoms with van der Waals surface area (Å²) in [7, 11) is 0. The van der Waals surface area contributed by atoms with Crippen LogP contribution in [0.4, 0.5) is 5.69 Å². The first-order valence-corrected chi connectivity index (χ1v) is 15.8. The van der Waals surface area contributed by atoms with Crippen molar-refractivity contribution in [2.75, 3.05) is 84.5 Å². The SMILES string of the molecule is NC(=O)c1ccc(OCCOCCOCCOCCOCCOCCCNc2cccc3nnn(C4CCC(=O)NC4=O)c(=O)c23)cc1. The molecule has 260 valence electrons. The van der Waals surface area contributed by atoms with Crippen molar-refractivity contribution in [3.8, 4) is 5.75 Å². The Balaban J connectivity index is 0.954. The Kier molecular flexibility index (Phi) is 15.2. The first kappa shape index (κ1) is 36.4. The van der Waals surface area contributed by atoms with Gasteiger partial charge in [0, 0.05) is 30.8 Å². The Labute approximate surface area is 277 Å². The molecule has 0 spiro atoms. The molecule has 2 aromatic carbocycles. The normalized spacial score (nSPS) is 14.6. The molecule has 1 unspecified atom stereocenters. The van der Waals surface area contributed by atoms with Crippen LogP contribution in [0, 0.1) is 0 Å². The standard InChI is InChI=1S/C32H42N6O10/c33-30(40)23-5-7-24(8-6-23)48-22-21-47-20-19-46-18-17-45-16-15-44-14-13-43-12-2-11-34-25-3-1-4-26-29(25)32(42)38(37-36-26)27-9-10-28(39)35-31(27)41/h1,3-8,27,34H,2,9-22H2,(H2,33,40)(H,35,39,41). The molecule has 4 rings (SSSR count). The number of carbonyl (C=O) groups is 3. The van der Waals surface area contributed by atoms with Gasteiger partial charge in [-0.25, -0.2) is 0 Å². The van der Waals surface area contributed by atoms with Crippen molar-refractivity contribution in [2.24, 2.45) is 5.73 Å². The van der Waals surface area contributed by atoms with Crippen molar-refractivity contribution in [3.63, 3.8) is 0 Å². The zero-order chi connectivity index (χ0) is 34.0. The number of nitrogens with one attached hydrogen (secondary N) is 2. The predicted molar refractivity (Wildman–Crippen MR) is 173 cm³/mol. The Morgan fingerprint density at radius 3 is 2.04 bits per heavy atom. The average molecular weight is 671 g/mol. The monoisotopic (exact) mass is 670 g/mol. The van der Waals surface area contributed by atoms with Crippen LogP contribution in [0.1, 0.15) is 35.7 Å². The summed E-state index contributed by atoms with van der Waals surface area (Å²) in [6.45, 7) is 5.39. The Morgan fingerprint density at radius 1 is 0.833 bits per heavy atom. The first-order valence-electron chi connectivity index (χ1n) is 15.8. The molecule has 16 heteroatoms. The zero-order valence-electron chi connectivity index (χ0n) is 26.7. The maximum absolute atomic E-state index is 13.2. The minimum absolute atomic E-state index is 0.133. The first-order chi connectivity index (χ1) is 23.4. The van der Waals surface area contributed by atoms with Crippen LogP contribution in [-0.2, 0) is 33.3 Å². The van der Waals surface area contributed by atoms with Gasteiger partial charge in [0.15, 0.2) is 0 Å². The third kappa shape index (κ3) is 11.6. The van der Waals surface area contributed by atoms with E-state index >= 15 is 0 Å². The number of nitrogens with zero attached hydrogens (tertiary/aromatic N) is 3. The Bertz CT molecular complexity index is 1530. The Hall–Kier alpha value is -4.48. The number of carbonyl (C=O) groups excluding carboxylic acids is 3. The second kappa shape index (κ2) is 20.0. The summed E-state index contributed by atoms with van der Waals surface area (Å²) in [5.41, 5.74) is 6.19. The molecule has 1 saturated heterocycles. The molecule has 48 heavy (non-hydrogen) atoms. The fourth-order valence-electron chi connectivity index (χ4n) is 4.68. The van der Waals surface area contributed by atoms with Crippen LogP contribution in [0.5, 0.6) is 5.75 Å². The quantitative estimate of drug-likeness (QED) is 0.0946. The molecular formula is C32H42N6O10. The van der Waals surface area contributed by atoms with Crippen LogP contribution < -0.4 is 26.7 Å². The number of amides is 3. The average Bonchev–Trinajstić information content (AvgIpc) is 3.08. The fraction of sp³-hybridized carbons (Fsp3) is 0.500.